The first kappa shape index (κ1) is 25.6. The van der Waals surface area contributed by atoms with E-state index in [1.165, 1.54) is 17.3 Å². The van der Waals surface area contributed by atoms with E-state index in [1.54, 1.807) is 0 Å². The van der Waals surface area contributed by atoms with Gasteiger partial charge in [-0.05, 0) is 36.1 Å². The number of carbonyl (C=O) groups is 1. The summed E-state index contributed by atoms with van der Waals surface area (Å²) in [6, 6.07) is 20.0. The van der Waals surface area contributed by atoms with Crippen molar-refractivity contribution in [1.82, 2.24) is 0 Å². The SMILES string of the molecule is CCCCCC(O)(CCSCc1ccccc1)SC(O)c1ccccc1.O=CO. The molecule has 3 N–H and O–H groups in total. The molecule has 0 heterocycles. The van der Waals surface area contributed by atoms with Crippen LogP contribution in [0, 0.1) is 0 Å². The quantitative estimate of drug-likeness (QED) is 0.225. The van der Waals surface area contributed by atoms with Crippen molar-refractivity contribution in [3.63, 3.8) is 0 Å². The fourth-order valence-corrected chi connectivity index (χ4v) is 5.16. The van der Waals surface area contributed by atoms with Crippen molar-refractivity contribution >= 4 is 30.0 Å². The van der Waals surface area contributed by atoms with E-state index in [0.717, 1.165) is 42.8 Å². The number of hydrogen-bond acceptors (Lipinski definition) is 5. The summed E-state index contributed by atoms with van der Waals surface area (Å²) < 4.78 is 0. The number of aliphatic hydroxyl groups is 2. The number of aliphatic hydroxyl groups excluding tert-OH is 1. The summed E-state index contributed by atoms with van der Waals surface area (Å²) in [5.74, 6) is 1.84. The molecule has 0 saturated heterocycles. The molecule has 2 atom stereocenters. The van der Waals surface area contributed by atoms with Crippen molar-refractivity contribution < 1.29 is 20.1 Å². The van der Waals surface area contributed by atoms with Gasteiger partial charge in [-0.1, -0.05) is 92.2 Å². The van der Waals surface area contributed by atoms with Gasteiger partial charge >= 0.3 is 0 Å². The second kappa shape index (κ2) is 15.4. The van der Waals surface area contributed by atoms with Crippen LogP contribution in [0.1, 0.15) is 55.6 Å². The van der Waals surface area contributed by atoms with E-state index in [9.17, 15) is 10.2 Å². The van der Waals surface area contributed by atoms with Crippen LogP contribution in [0.4, 0.5) is 0 Å². The van der Waals surface area contributed by atoms with Gasteiger partial charge in [0.1, 0.15) is 10.4 Å². The van der Waals surface area contributed by atoms with Gasteiger partial charge in [0, 0.05) is 5.75 Å². The molecule has 160 valence electrons. The molecule has 0 amide bonds. The molecule has 29 heavy (non-hydrogen) atoms. The number of hydrogen-bond donors (Lipinski definition) is 3. The second-order valence-corrected chi connectivity index (χ2v) is 9.23. The maximum absolute atomic E-state index is 11.2. The van der Waals surface area contributed by atoms with Crippen molar-refractivity contribution in [1.29, 1.82) is 0 Å². The minimum absolute atomic E-state index is 0.250. The smallest absolute Gasteiger partial charge is 0.290 e. The Hall–Kier alpha value is -1.47. The van der Waals surface area contributed by atoms with Gasteiger partial charge in [0.05, 0.1) is 0 Å². The average Bonchev–Trinajstić information content (AvgIpc) is 2.73. The van der Waals surface area contributed by atoms with Crippen LogP contribution in [0.25, 0.3) is 0 Å². The van der Waals surface area contributed by atoms with Crippen LogP contribution < -0.4 is 0 Å². The van der Waals surface area contributed by atoms with Crippen LogP contribution in [-0.2, 0) is 10.5 Å². The van der Waals surface area contributed by atoms with Gasteiger partial charge < -0.3 is 15.3 Å². The maximum atomic E-state index is 11.2. The Bertz CT molecular complexity index is 654. The van der Waals surface area contributed by atoms with Crippen LogP contribution >= 0.6 is 23.5 Å². The van der Waals surface area contributed by atoms with E-state index in [-0.39, 0.29) is 6.47 Å². The summed E-state index contributed by atoms with van der Waals surface area (Å²) >= 11 is 3.13. The highest BCUT2D eigenvalue weighted by molar-refractivity contribution is 8.00. The molecule has 0 spiro atoms. The van der Waals surface area contributed by atoms with Crippen molar-refractivity contribution in [2.45, 2.75) is 55.1 Å². The molecule has 6 heteroatoms. The van der Waals surface area contributed by atoms with Crippen LogP contribution in [0.3, 0.4) is 0 Å². The van der Waals surface area contributed by atoms with Gasteiger partial charge in [0.2, 0.25) is 0 Å². The number of benzene rings is 2. The van der Waals surface area contributed by atoms with Gasteiger partial charge in [0.25, 0.3) is 6.47 Å². The topological polar surface area (TPSA) is 77.8 Å². The minimum Gasteiger partial charge on any atom is -0.483 e. The summed E-state index contributed by atoms with van der Waals surface area (Å²) in [5.41, 5.74) is 1.47. The number of carboxylic acid groups (broad SMARTS) is 1. The molecule has 2 rings (SSSR count). The predicted octanol–water partition coefficient (Wildman–Crippen LogP) is 5.70. The van der Waals surface area contributed by atoms with Gasteiger partial charge in [0.15, 0.2) is 0 Å². The number of rotatable bonds is 12. The Kier molecular flexibility index (Phi) is 13.6. The van der Waals surface area contributed by atoms with Crippen LogP contribution in [0.5, 0.6) is 0 Å². The molecule has 0 fully saturated rings. The lowest BCUT2D eigenvalue weighted by Crippen LogP contribution is -2.26. The molecule has 0 aromatic heterocycles. The molecule has 0 aliphatic heterocycles. The monoisotopic (exact) mass is 436 g/mol. The number of unbranched alkanes of at least 4 members (excludes halogenated alkanes) is 2. The van der Waals surface area contributed by atoms with Crippen LogP contribution in [0.2, 0.25) is 0 Å². The molecule has 0 radical (unpaired) electrons. The summed E-state index contributed by atoms with van der Waals surface area (Å²) in [7, 11) is 0. The predicted molar refractivity (Wildman–Crippen MR) is 124 cm³/mol. The zero-order valence-electron chi connectivity index (χ0n) is 16.9. The molecule has 2 unspecified atom stereocenters. The molecule has 4 nitrogen and oxygen atoms in total. The highest BCUT2D eigenvalue weighted by Crippen LogP contribution is 2.41. The molecular weight excluding hydrogens is 404 g/mol. The van der Waals surface area contributed by atoms with Gasteiger partial charge in [-0.3, -0.25) is 4.79 Å². The fraction of sp³-hybridized carbons (Fsp3) is 0.435. The lowest BCUT2D eigenvalue weighted by atomic mass is 10.1. The molecule has 2 aromatic carbocycles. The largest absolute Gasteiger partial charge is 0.483 e. The average molecular weight is 437 g/mol. The van der Waals surface area contributed by atoms with E-state index in [0.29, 0.717) is 6.42 Å². The highest BCUT2D eigenvalue weighted by Gasteiger charge is 2.30. The van der Waals surface area contributed by atoms with Crippen molar-refractivity contribution in [2.24, 2.45) is 0 Å². The third-order valence-electron chi connectivity index (χ3n) is 4.34. The van der Waals surface area contributed by atoms with E-state index in [1.807, 2.05) is 48.2 Å². The minimum atomic E-state index is -0.881. The van der Waals surface area contributed by atoms with E-state index < -0.39 is 10.4 Å². The lowest BCUT2D eigenvalue weighted by Gasteiger charge is -2.30. The van der Waals surface area contributed by atoms with Gasteiger partial charge in [-0.25, -0.2) is 0 Å². The van der Waals surface area contributed by atoms with Gasteiger partial charge in [-0.15, -0.1) is 0 Å². The zero-order valence-corrected chi connectivity index (χ0v) is 18.6. The van der Waals surface area contributed by atoms with E-state index in [4.69, 9.17) is 9.90 Å². The Morgan fingerprint density at radius 1 is 1.00 bits per heavy atom. The first-order valence-corrected chi connectivity index (χ1v) is 11.9. The Morgan fingerprint density at radius 3 is 2.17 bits per heavy atom. The Morgan fingerprint density at radius 2 is 1.59 bits per heavy atom. The number of thioether (sulfide) groups is 2. The molecule has 2 aromatic rings. The Balaban J connectivity index is 0.00000132. The molecule has 0 saturated carbocycles. The van der Waals surface area contributed by atoms with E-state index >= 15 is 0 Å². The van der Waals surface area contributed by atoms with Crippen LogP contribution in [0.15, 0.2) is 60.7 Å². The standard InChI is InChI=1S/C22H30O2S2.CH2O2/c1-2-3-10-15-22(24,26-21(23)20-13-8-5-9-14-20)16-17-25-18-19-11-6-4-7-12-19;2-1-3/h4-9,11-14,21,23-24H,2-3,10,15-18H2,1H3;1H,(H,2,3). The fourth-order valence-electron chi connectivity index (χ4n) is 2.78. The molecule has 0 bridgehead atoms. The second-order valence-electron chi connectivity index (χ2n) is 6.68. The molecule has 0 aliphatic rings. The summed E-state index contributed by atoms with van der Waals surface area (Å²) in [4.78, 5) is 7.48. The van der Waals surface area contributed by atoms with Gasteiger partial charge in [-0.2, -0.15) is 11.8 Å². The van der Waals surface area contributed by atoms with Crippen molar-refractivity contribution in [3.05, 3.63) is 71.8 Å². The van der Waals surface area contributed by atoms with Crippen molar-refractivity contribution in [2.75, 3.05) is 5.75 Å². The first-order valence-electron chi connectivity index (χ1n) is 9.87. The summed E-state index contributed by atoms with van der Waals surface area (Å²) in [6.07, 6.45) is 4.64. The summed E-state index contributed by atoms with van der Waals surface area (Å²) in [6.45, 7) is 1.92. The highest BCUT2D eigenvalue weighted by atomic mass is 32.2. The molecular formula is C23H32O4S2. The van der Waals surface area contributed by atoms with Crippen molar-refractivity contribution in [3.8, 4) is 0 Å². The third-order valence-corrected chi connectivity index (χ3v) is 6.71. The Labute approximate surface area is 182 Å². The lowest BCUT2D eigenvalue weighted by molar-refractivity contribution is -0.122. The molecule has 0 aliphatic carbocycles. The third kappa shape index (κ3) is 11.3. The maximum Gasteiger partial charge on any atom is 0.290 e. The first-order chi connectivity index (χ1) is 14.0. The normalized spacial score (nSPS) is 13.6. The summed E-state index contributed by atoms with van der Waals surface area (Å²) in [5, 5.41) is 28.6. The zero-order chi connectivity index (χ0) is 21.4. The van der Waals surface area contributed by atoms with Crippen LogP contribution in [-0.4, -0.2) is 32.5 Å². The van der Waals surface area contributed by atoms with E-state index in [2.05, 4.69) is 31.2 Å².